The molecule has 0 radical (unpaired) electrons. The van der Waals surface area contributed by atoms with Crippen LogP contribution in [-0.4, -0.2) is 30.4 Å². The quantitative estimate of drug-likeness (QED) is 0.819. The van der Waals surface area contributed by atoms with Gasteiger partial charge in [0.1, 0.15) is 5.82 Å². The number of nitrogens with one attached hydrogen (secondary N) is 1. The second-order valence-corrected chi connectivity index (χ2v) is 5.23. The number of benzene rings is 1. The predicted octanol–water partition coefficient (Wildman–Crippen LogP) is 2.08. The van der Waals surface area contributed by atoms with Crippen LogP contribution in [0.3, 0.4) is 0 Å². The van der Waals surface area contributed by atoms with Crippen LogP contribution in [0.1, 0.15) is 19.8 Å². The van der Waals surface area contributed by atoms with Gasteiger partial charge < -0.3 is 16.0 Å². The molecule has 1 fully saturated rings. The highest BCUT2D eigenvalue weighted by Gasteiger charge is 2.19. The third-order valence-electron chi connectivity index (χ3n) is 3.43. The van der Waals surface area contributed by atoms with E-state index in [9.17, 15) is 9.18 Å². The van der Waals surface area contributed by atoms with Crippen molar-refractivity contribution in [2.24, 2.45) is 5.92 Å². The van der Waals surface area contributed by atoms with Crippen molar-refractivity contribution in [2.75, 3.05) is 30.7 Å². The van der Waals surface area contributed by atoms with Crippen molar-refractivity contribution in [1.82, 2.24) is 4.90 Å². The second kappa shape index (κ2) is 6.02. The van der Waals surface area contributed by atoms with Crippen LogP contribution in [0.4, 0.5) is 15.8 Å². The first-order valence-corrected chi connectivity index (χ1v) is 6.62. The van der Waals surface area contributed by atoms with Gasteiger partial charge in [0.2, 0.25) is 5.91 Å². The van der Waals surface area contributed by atoms with Gasteiger partial charge in [0.25, 0.3) is 0 Å². The lowest BCUT2D eigenvalue weighted by Crippen LogP contribution is -2.26. The number of carbonyl (C=O) groups is 1. The maximum atomic E-state index is 13.4. The fourth-order valence-corrected chi connectivity index (χ4v) is 2.34. The fourth-order valence-electron chi connectivity index (χ4n) is 2.34. The molecule has 1 aliphatic heterocycles. The number of carbonyl (C=O) groups excluding carboxylic acids is 1. The summed E-state index contributed by atoms with van der Waals surface area (Å²) in [5, 5.41) is 2.57. The number of hydrogen-bond acceptors (Lipinski definition) is 3. The molecule has 19 heavy (non-hydrogen) atoms. The number of nitrogens with two attached hydrogens (primary N) is 1. The van der Waals surface area contributed by atoms with Crippen LogP contribution in [0.15, 0.2) is 18.2 Å². The molecule has 3 N–H and O–H groups in total. The molecule has 0 saturated carbocycles. The Kier molecular flexibility index (Phi) is 4.37. The average molecular weight is 265 g/mol. The van der Waals surface area contributed by atoms with Crippen molar-refractivity contribution in [3.63, 3.8) is 0 Å². The van der Waals surface area contributed by atoms with Gasteiger partial charge in [0.15, 0.2) is 0 Å². The summed E-state index contributed by atoms with van der Waals surface area (Å²) >= 11 is 0. The molecular formula is C14H20FN3O. The fraction of sp³-hybridized carbons (Fsp3) is 0.500. The molecule has 5 heteroatoms. The first kappa shape index (κ1) is 13.8. The van der Waals surface area contributed by atoms with Crippen LogP contribution in [0.5, 0.6) is 0 Å². The van der Waals surface area contributed by atoms with Crippen LogP contribution < -0.4 is 11.1 Å². The molecule has 1 unspecified atom stereocenters. The zero-order valence-electron chi connectivity index (χ0n) is 11.2. The topological polar surface area (TPSA) is 58.4 Å². The Morgan fingerprint density at radius 3 is 3.05 bits per heavy atom. The van der Waals surface area contributed by atoms with Gasteiger partial charge in [-0.15, -0.1) is 0 Å². The molecule has 1 saturated heterocycles. The molecule has 4 nitrogen and oxygen atoms in total. The van der Waals surface area contributed by atoms with Gasteiger partial charge in [-0.3, -0.25) is 4.79 Å². The van der Waals surface area contributed by atoms with Crippen molar-refractivity contribution in [3.05, 3.63) is 24.0 Å². The van der Waals surface area contributed by atoms with Crippen LogP contribution >= 0.6 is 0 Å². The number of likely N-dealkylation sites (tertiary alicyclic amines) is 1. The minimum Gasteiger partial charge on any atom is -0.399 e. The number of anilines is 2. The van der Waals surface area contributed by atoms with Gasteiger partial charge in [-0.2, -0.15) is 0 Å². The molecule has 1 aliphatic rings. The largest absolute Gasteiger partial charge is 0.399 e. The number of rotatable bonds is 4. The summed E-state index contributed by atoms with van der Waals surface area (Å²) in [6, 6.07) is 4.16. The molecule has 1 aromatic carbocycles. The molecule has 1 atom stereocenters. The highest BCUT2D eigenvalue weighted by Crippen LogP contribution is 2.18. The number of halogens is 1. The Balaban J connectivity index is 1.82. The molecule has 1 heterocycles. The Morgan fingerprint density at radius 2 is 2.37 bits per heavy atom. The molecule has 104 valence electrons. The number of nitrogen functional groups attached to an aromatic ring is 1. The van der Waals surface area contributed by atoms with Crippen molar-refractivity contribution in [3.8, 4) is 0 Å². The second-order valence-electron chi connectivity index (χ2n) is 5.23. The summed E-state index contributed by atoms with van der Waals surface area (Å²) in [7, 11) is 0. The number of amides is 1. The van der Waals surface area contributed by atoms with Gasteiger partial charge in [-0.1, -0.05) is 6.92 Å². The Labute approximate surface area is 112 Å². The van der Waals surface area contributed by atoms with Gasteiger partial charge in [-0.05, 0) is 37.1 Å². The molecule has 1 aromatic rings. The Bertz CT molecular complexity index is 464. The minimum absolute atomic E-state index is 0.153. The van der Waals surface area contributed by atoms with Crippen molar-refractivity contribution >= 4 is 17.3 Å². The molecule has 0 bridgehead atoms. The molecule has 0 aromatic heterocycles. The zero-order chi connectivity index (χ0) is 13.8. The lowest BCUT2D eigenvalue weighted by atomic mass is 10.2. The van der Waals surface area contributed by atoms with Gasteiger partial charge in [0.05, 0.1) is 5.69 Å². The molecular weight excluding hydrogens is 245 g/mol. The molecule has 2 rings (SSSR count). The van der Waals surface area contributed by atoms with E-state index in [4.69, 9.17) is 5.73 Å². The van der Waals surface area contributed by atoms with Gasteiger partial charge in [-0.25, -0.2) is 4.39 Å². The van der Waals surface area contributed by atoms with Crippen LogP contribution in [0.25, 0.3) is 0 Å². The molecule has 0 spiro atoms. The molecule has 0 aliphatic carbocycles. The van der Waals surface area contributed by atoms with E-state index in [0.29, 0.717) is 18.0 Å². The minimum atomic E-state index is -0.461. The third-order valence-corrected chi connectivity index (χ3v) is 3.43. The summed E-state index contributed by atoms with van der Waals surface area (Å²) in [5.74, 6) is 0.0656. The lowest BCUT2D eigenvalue weighted by Gasteiger charge is -2.15. The summed E-state index contributed by atoms with van der Waals surface area (Å²) in [4.78, 5) is 14.0. The first-order chi connectivity index (χ1) is 9.04. The van der Waals surface area contributed by atoms with Crippen LogP contribution in [-0.2, 0) is 4.79 Å². The van der Waals surface area contributed by atoms with E-state index in [1.807, 2.05) is 0 Å². The van der Waals surface area contributed by atoms with E-state index in [2.05, 4.69) is 17.1 Å². The van der Waals surface area contributed by atoms with Crippen LogP contribution in [0, 0.1) is 11.7 Å². The highest BCUT2D eigenvalue weighted by molar-refractivity contribution is 5.91. The normalized spacial score (nSPS) is 19.6. The smallest absolute Gasteiger partial charge is 0.225 e. The standard InChI is InChI=1S/C14H20FN3O/c1-10-4-6-18(9-10)7-5-14(19)17-13-8-11(16)2-3-12(13)15/h2-3,8,10H,4-7,9,16H2,1H3,(H,17,19). The zero-order valence-corrected chi connectivity index (χ0v) is 11.2. The van der Waals surface area contributed by atoms with E-state index in [0.717, 1.165) is 19.6 Å². The SMILES string of the molecule is CC1CCN(CCC(=O)Nc2cc(N)ccc2F)C1. The van der Waals surface area contributed by atoms with Crippen molar-refractivity contribution in [2.45, 2.75) is 19.8 Å². The molecule has 1 amide bonds. The third kappa shape index (κ3) is 3.92. The Hall–Kier alpha value is -1.62. The van der Waals surface area contributed by atoms with Crippen molar-refractivity contribution in [1.29, 1.82) is 0 Å². The van der Waals surface area contributed by atoms with E-state index in [1.165, 1.54) is 24.6 Å². The maximum Gasteiger partial charge on any atom is 0.225 e. The number of hydrogen-bond donors (Lipinski definition) is 2. The lowest BCUT2D eigenvalue weighted by molar-refractivity contribution is -0.116. The summed E-state index contributed by atoms with van der Waals surface area (Å²) in [6.45, 7) is 5.02. The van der Waals surface area contributed by atoms with E-state index >= 15 is 0 Å². The summed E-state index contributed by atoms with van der Waals surface area (Å²) in [6.07, 6.45) is 1.56. The van der Waals surface area contributed by atoms with Crippen molar-refractivity contribution < 1.29 is 9.18 Å². The maximum absolute atomic E-state index is 13.4. The van der Waals surface area contributed by atoms with Gasteiger partial charge >= 0.3 is 0 Å². The Morgan fingerprint density at radius 1 is 1.58 bits per heavy atom. The average Bonchev–Trinajstić information content (AvgIpc) is 2.77. The van der Waals surface area contributed by atoms with E-state index in [1.54, 1.807) is 0 Å². The summed E-state index contributed by atoms with van der Waals surface area (Å²) < 4.78 is 13.4. The first-order valence-electron chi connectivity index (χ1n) is 6.62. The monoisotopic (exact) mass is 265 g/mol. The summed E-state index contributed by atoms with van der Waals surface area (Å²) in [5.41, 5.74) is 6.15. The van der Waals surface area contributed by atoms with Gasteiger partial charge in [0, 0.05) is 25.2 Å². The van der Waals surface area contributed by atoms with E-state index in [-0.39, 0.29) is 11.6 Å². The number of nitrogens with zero attached hydrogens (tertiary/aromatic N) is 1. The predicted molar refractivity (Wildman–Crippen MR) is 74.3 cm³/mol. The highest BCUT2D eigenvalue weighted by atomic mass is 19.1. The van der Waals surface area contributed by atoms with Crippen LogP contribution in [0.2, 0.25) is 0 Å². The van der Waals surface area contributed by atoms with E-state index < -0.39 is 5.82 Å².